The average molecular weight is 322 g/mol. The van der Waals surface area contributed by atoms with Gasteiger partial charge in [0, 0.05) is 13.1 Å². The number of hydrogen-bond acceptors (Lipinski definition) is 2. The second kappa shape index (κ2) is 8.08. The normalized spacial score (nSPS) is 10.4. The Hall–Kier alpha value is -1.48. The van der Waals surface area contributed by atoms with E-state index < -0.39 is 0 Å². The molecule has 0 aliphatic rings. The Morgan fingerprint density at radius 1 is 1.05 bits per heavy atom. The maximum absolute atomic E-state index is 5.99. The topological polar surface area (TPSA) is 21.3 Å². The molecule has 0 heterocycles. The van der Waals surface area contributed by atoms with Crippen molar-refractivity contribution in [3.05, 3.63) is 76.3 Å². The van der Waals surface area contributed by atoms with E-state index in [0.717, 1.165) is 24.4 Å². The van der Waals surface area contributed by atoms with E-state index in [1.54, 1.807) is 6.07 Å². The molecule has 21 heavy (non-hydrogen) atoms. The summed E-state index contributed by atoms with van der Waals surface area (Å²) in [4.78, 5) is 0. The van der Waals surface area contributed by atoms with Crippen molar-refractivity contribution < 1.29 is 4.74 Å². The van der Waals surface area contributed by atoms with Crippen LogP contribution in [0, 0.1) is 0 Å². The summed E-state index contributed by atoms with van der Waals surface area (Å²) in [5, 5.41) is 4.35. The molecule has 0 unspecified atom stereocenters. The molecule has 0 aliphatic carbocycles. The largest absolute Gasteiger partial charge is 0.489 e. The minimum Gasteiger partial charge on any atom is -0.489 e. The minimum atomic E-state index is 0.459. The summed E-state index contributed by atoms with van der Waals surface area (Å²) in [7, 11) is 0. The van der Waals surface area contributed by atoms with Crippen LogP contribution in [0.3, 0.4) is 0 Å². The number of benzene rings is 2. The van der Waals surface area contributed by atoms with E-state index in [-0.39, 0.29) is 0 Å². The second-order valence-electron chi connectivity index (χ2n) is 4.60. The molecule has 0 saturated carbocycles. The average Bonchev–Trinajstić information content (AvgIpc) is 2.49. The summed E-state index contributed by atoms with van der Waals surface area (Å²) in [6, 6.07) is 13.5. The van der Waals surface area contributed by atoms with Crippen LogP contribution in [0.1, 0.15) is 11.1 Å². The third-order valence-corrected chi connectivity index (χ3v) is 3.64. The first-order valence-corrected chi connectivity index (χ1v) is 7.42. The van der Waals surface area contributed by atoms with Crippen molar-refractivity contribution in [2.45, 2.75) is 13.2 Å². The second-order valence-corrected chi connectivity index (χ2v) is 5.42. The molecule has 0 aromatic heterocycles. The van der Waals surface area contributed by atoms with Crippen LogP contribution < -0.4 is 10.1 Å². The van der Waals surface area contributed by atoms with Gasteiger partial charge in [0.2, 0.25) is 0 Å². The first-order chi connectivity index (χ1) is 10.2. The Morgan fingerprint density at radius 3 is 2.67 bits per heavy atom. The van der Waals surface area contributed by atoms with E-state index in [4.69, 9.17) is 27.9 Å². The molecule has 2 rings (SSSR count). The van der Waals surface area contributed by atoms with Crippen LogP contribution in [-0.4, -0.2) is 6.54 Å². The summed E-state index contributed by atoms with van der Waals surface area (Å²) < 4.78 is 5.78. The van der Waals surface area contributed by atoms with E-state index in [1.165, 1.54) is 5.56 Å². The number of ether oxygens (including phenoxy) is 1. The smallest absolute Gasteiger partial charge is 0.120 e. The third kappa shape index (κ3) is 5.09. The number of halogens is 2. The maximum atomic E-state index is 5.99. The molecular formula is C17H17Cl2NO. The lowest BCUT2D eigenvalue weighted by atomic mass is 10.2. The summed E-state index contributed by atoms with van der Waals surface area (Å²) in [5.74, 6) is 0.832. The highest BCUT2D eigenvalue weighted by Crippen LogP contribution is 2.23. The fourth-order valence-electron chi connectivity index (χ4n) is 1.86. The van der Waals surface area contributed by atoms with Crippen molar-refractivity contribution >= 4 is 23.2 Å². The molecule has 2 aromatic rings. The van der Waals surface area contributed by atoms with Crippen LogP contribution in [0.15, 0.2) is 55.1 Å². The molecule has 2 nitrogen and oxygen atoms in total. The molecule has 1 N–H and O–H groups in total. The Morgan fingerprint density at radius 2 is 1.90 bits per heavy atom. The van der Waals surface area contributed by atoms with Gasteiger partial charge in [0.15, 0.2) is 0 Å². The van der Waals surface area contributed by atoms with Gasteiger partial charge in [-0.05, 0) is 35.4 Å². The predicted molar refractivity (Wildman–Crippen MR) is 89.1 cm³/mol. The van der Waals surface area contributed by atoms with Crippen molar-refractivity contribution in [1.82, 2.24) is 5.32 Å². The van der Waals surface area contributed by atoms with Gasteiger partial charge in [-0.15, -0.1) is 6.58 Å². The lowest BCUT2D eigenvalue weighted by Crippen LogP contribution is -2.12. The fourth-order valence-corrected chi connectivity index (χ4v) is 2.18. The molecular weight excluding hydrogens is 305 g/mol. The first-order valence-electron chi connectivity index (χ1n) is 6.66. The number of hydrogen-bond donors (Lipinski definition) is 1. The zero-order valence-electron chi connectivity index (χ0n) is 11.6. The quantitative estimate of drug-likeness (QED) is 0.581. The van der Waals surface area contributed by atoms with Crippen LogP contribution in [-0.2, 0) is 13.2 Å². The lowest BCUT2D eigenvalue weighted by Gasteiger charge is -2.09. The minimum absolute atomic E-state index is 0.459. The van der Waals surface area contributed by atoms with E-state index in [0.29, 0.717) is 16.7 Å². The zero-order valence-corrected chi connectivity index (χ0v) is 13.1. The monoisotopic (exact) mass is 321 g/mol. The molecule has 0 fully saturated rings. The van der Waals surface area contributed by atoms with E-state index >= 15 is 0 Å². The first kappa shape index (κ1) is 15.9. The Balaban J connectivity index is 1.94. The molecule has 2 aromatic carbocycles. The standard InChI is InChI=1S/C17H17Cl2NO/c1-2-8-20-11-13-4-3-5-15(9-13)21-12-14-6-7-16(18)17(19)10-14/h2-7,9-10,20H,1,8,11-12H2. The van der Waals surface area contributed by atoms with Crippen molar-refractivity contribution in [1.29, 1.82) is 0 Å². The molecule has 0 aliphatic heterocycles. The molecule has 0 atom stereocenters. The van der Waals surface area contributed by atoms with Gasteiger partial charge in [-0.2, -0.15) is 0 Å². The molecule has 0 radical (unpaired) electrons. The van der Waals surface area contributed by atoms with Crippen molar-refractivity contribution in [2.24, 2.45) is 0 Å². The Bertz CT molecular complexity index is 613. The maximum Gasteiger partial charge on any atom is 0.120 e. The molecule has 4 heteroatoms. The van der Waals surface area contributed by atoms with Crippen molar-refractivity contribution in [2.75, 3.05) is 6.54 Å². The van der Waals surface area contributed by atoms with Gasteiger partial charge < -0.3 is 10.1 Å². The summed E-state index contributed by atoms with van der Waals surface area (Å²) in [5.41, 5.74) is 2.16. The Kier molecular flexibility index (Phi) is 6.12. The van der Waals surface area contributed by atoms with Gasteiger partial charge in [0.1, 0.15) is 12.4 Å². The highest BCUT2D eigenvalue weighted by atomic mass is 35.5. The van der Waals surface area contributed by atoms with Gasteiger partial charge in [0.05, 0.1) is 10.0 Å². The highest BCUT2D eigenvalue weighted by Gasteiger charge is 2.01. The van der Waals surface area contributed by atoms with Crippen LogP contribution in [0.5, 0.6) is 5.75 Å². The van der Waals surface area contributed by atoms with Gasteiger partial charge in [0.25, 0.3) is 0 Å². The van der Waals surface area contributed by atoms with Crippen LogP contribution in [0.2, 0.25) is 10.0 Å². The van der Waals surface area contributed by atoms with Gasteiger partial charge >= 0.3 is 0 Å². The van der Waals surface area contributed by atoms with Crippen LogP contribution in [0.4, 0.5) is 0 Å². The fraction of sp³-hybridized carbons (Fsp3) is 0.176. The summed E-state index contributed by atoms with van der Waals surface area (Å²) in [6.07, 6.45) is 1.84. The summed E-state index contributed by atoms with van der Waals surface area (Å²) >= 11 is 11.9. The highest BCUT2D eigenvalue weighted by molar-refractivity contribution is 6.42. The summed E-state index contributed by atoms with van der Waals surface area (Å²) in [6.45, 7) is 5.71. The van der Waals surface area contributed by atoms with Gasteiger partial charge in [-0.25, -0.2) is 0 Å². The van der Waals surface area contributed by atoms with E-state index in [2.05, 4.69) is 18.0 Å². The lowest BCUT2D eigenvalue weighted by molar-refractivity contribution is 0.306. The van der Waals surface area contributed by atoms with Crippen molar-refractivity contribution in [3.8, 4) is 5.75 Å². The molecule has 110 valence electrons. The van der Waals surface area contributed by atoms with Gasteiger partial charge in [-0.1, -0.05) is 47.5 Å². The Labute approximate surface area is 135 Å². The zero-order chi connectivity index (χ0) is 15.1. The molecule has 0 bridgehead atoms. The molecule has 0 saturated heterocycles. The van der Waals surface area contributed by atoms with Gasteiger partial charge in [-0.3, -0.25) is 0 Å². The van der Waals surface area contributed by atoms with Crippen LogP contribution in [0.25, 0.3) is 0 Å². The third-order valence-electron chi connectivity index (χ3n) is 2.91. The number of rotatable bonds is 7. The predicted octanol–water partition coefficient (Wildman–Crippen LogP) is 4.85. The van der Waals surface area contributed by atoms with Crippen LogP contribution >= 0.6 is 23.2 Å². The molecule has 0 amide bonds. The van der Waals surface area contributed by atoms with E-state index in [1.807, 2.05) is 36.4 Å². The number of nitrogens with one attached hydrogen (secondary N) is 1. The van der Waals surface area contributed by atoms with Crippen molar-refractivity contribution in [3.63, 3.8) is 0 Å². The SMILES string of the molecule is C=CCNCc1cccc(OCc2ccc(Cl)c(Cl)c2)c1. The van der Waals surface area contributed by atoms with E-state index in [9.17, 15) is 0 Å². The molecule has 0 spiro atoms.